The van der Waals surface area contributed by atoms with E-state index in [0.29, 0.717) is 30.2 Å². The Labute approximate surface area is 183 Å². The molecule has 2 saturated carbocycles. The van der Waals surface area contributed by atoms with Gasteiger partial charge in [0.1, 0.15) is 0 Å². The Bertz CT molecular complexity index is 812. The van der Waals surface area contributed by atoms with E-state index in [2.05, 4.69) is 30.1 Å². The molecule has 1 aliphatic heterocycles. The van der Waals surface area contributed by atoms with E-state index in [1.54, 1.807) is 30.3 Å². The van der Waals surface area contributed by atoms with Gasteiger partial charge in [-0.25, -0.2) is 8.78 Å². The second-order valence-corrected chi connectivity index (χ2v) is 9.94. The van der Waals surface area contributed by atoms with E-state index in [-0.39, 0.29) is 12.5 Å². The van der Waals surface area contributed by atoms with Gasteiger partial charge < -0.3 is 15.3 Å². The number of carbonyl (C=O) groups excluding carboxylic acids is 1. The van der Waals surface area contributed by atoms with E-state index < -0.39 is 29.8 Å². The highest BCUT2D eigenvalue weighted by Gasteiger charge is 2.59. The van der Waals surface area contributed by atoms with Crippen molar-refractivity contribution in [3.8, 4) is 0 Å². The molecule has 1 aromatic carbocycles. The van der Waals surface area contributed by atoms with Crippen molar-refractivity contribution in [1.29, 1.82) is 0 Å². The van der Waals surface area contributed by atoms with Crippen LogP contribution in [-0.4, -0.2) is 47.5 Å². The molecule has 170 valence electrons. The lowest BCUT2D eigenvalue weighted by Crippen LogP contribution is -2.53. The van der Waals surface area contributed by atoms with Crippen molar-refractivity contribution in [1.82, 2.24) is 10.2 Å². The molecule has 0 radical (unpaired) electrons. The molecule has 3 fully saturated rings. The van der Waals surface area contributed by atoms with Gasteiger partial charge in [-0.3, -0.25) is 4.79 Å². The minimum absolute atomic E-state index is 0.0338. The molecule has 1 heterocycles. The lowest BCUT2D eigenvalue weighted by molar-refractivity contribution is -0.158. The molecule has 31 heavy (non-hydrogen) atoms. The van der Waals surface area contributed by atoms with Crippen LogP contribution in [0.25, 0.3) is 0 Å². The van der Waals surface area contributed by atoms with Gasteiger partial charge in [0.25, 0.3) is 5.91 Å². The van der Waals surface area contributed by atoms with Gasteiger partial charge in [-0.15, -0.1) is 0 Å². The van der Waals surface area contributed by atoms with Gasteiger partial charge in [0.2, 0.25) is 5.92 Å². The molecule has 0 spiro atoms. The third-order valence-electron chi connectivity index (χ3n) is 7.36. The number of piperidine rings is 1. The summed E-state index contributed by atoms with van der Waals surface area (Å²) >= 11 is 0. The Morgan fingerprint density at radius 3 is 2.55 bits per heavy atom. The monoisotopic (exact) mass is 432 g/mol. The van der Waals surface area contributed by atoms with E-state index >= 15 is 0 Å². The standard InChI is InChI=1S/C25H34F2N2O2/c1-17(2)8-7-13-29-15-20-21(16-29)22(20)28-23(30)25(31,18-9-4-3-5-10-18)19-11-6-12-24(26,27)14-19/h3-5,8-10,19-22,31H,6-7,11-16H2,1-2H3,(H,28,30)/t19?,20-,21+,22?,25?. The SMILES string of the molecule is CC(C)=CCCN1C[C@@H]2C(NC(=O)C(O)(c3ccccc3)C3CCCC(F)(F)C3)[C@@H]2C1. The number of nitrogens with one attached hydrogen (secondary N) is 1. The van der Waals surface area contributed by atoms with Crippen LogP contribution in [0, 0.1) is 17.8 Å². The molecule has 3 unspecified atom stereocenters. The largest absolute Gasteiger partial charge is 0.375 e. The number of carbonyl (C=O) groups is 1. The molecule has 3 aliphatic rings. The minimum Gasteiger partial charge on any atom is -0.375 e. The van der Waals surface area contributed by atoms with Crippen LogP contribution in [0.1, 0.15) is 51.5 Å². The molecule has 6 heteroatoms. The normalized spacial score (nSPS) is 31.4. The Kier molecular flexibility index (Phi) is 6.23. The average molecular weight is 433 g/mol. The van der Waals surface area contributed by atoms with Crippen LogP contribution in [0.15, 0.2) is 42.0 Å². The number of benzene rings is 1. The molecular weight excluding hydrogens is 398 g/mol. The Hall–Kier alpha value is -1.79. The third kappa shape index (κ3) is 4.70. The maximum atomic E-state index is 14.2. The zero-order valence-corrected chi connectivity index (χ0v) is 18.5. The van der Waals surface area contributed by atoms with Crippen LogP contribution >= 0.6 is 0 Å². The molecule has 2 N–H and O–H groups in total. The summed E-state index contributed by atoms with van der Waals surface area (Å²) in [5.41, 5.74) is -0.196. The summed E-state index contributed by atoms with van der Waals surface area (Å²) in [6.07, 6.45) is 3.37. The summed E-state index contributed by atoms with van der Waals surface area (Å²) in [4.78, 5) is 15.8. The number of alkyl halides is 2. The summed E-state index contributed by atoms with van der Waals surface area (Å²) in [5.74, 6) is -3.37. The van der Waals surface area contributed by atoms with Crippen molar-refractivity contribution in [3.05, 3.63) is 47.5 Å². The number of amides is 1. The number of likely N-dealkylation sites (tertiary alicyclic amines) is 1. The lowest BCUT2D eigenvalue weighted by Gasteiger charge is -2.40. The smallest absolute Gasteiger partial charge is 0.257 e. The summed E-state index contributed by atoms with van der Waals surface area (Å²) in [7, 11) is 0. The number of allylic oxidation sites excluding steroid dienone is 1. The number of halogens is 2. The molecule has 1 aromatic rings. The van der Waals surface area contributed by atoms with Crippen molar-refractivity contribution >= 4 is 5.91 Å². The highest BCUT2D eigenvalue weighted by atomic mass is 19.3. The molecule has 0 bridgehead atoms. The Morgan fingerprint density at radius 2 is 1.94 bits per heavy atom. The highest BCUT2D eigenvalue weighted by Crippen LogP contribution is 2.48. The Morgan fingerprint density at radius 1 is 1.26 bits per heavy atom. The molecule has 0 aromatic heterocycles. The molecule has 4 nitrogen and oxygen atoms in total. The van der Waals surface area contributed by atoms with Crippen LogP contribution in [0.3, 0.4) is 0 Å². The van der Waals surface area contributed by atoms with Gasteiger partial charge in [-0.1, -0.05) is 42.0 Å². The zero-order valence-electron chi connectivity index (χ0n) is 18.5. The molecule has 1 saturated heterocycles. The first kappa shape index (κ1) is 22.4. The summed E-state index contributed by atoms with van der Waals surface area (Å²) in [6.45, 7) is 7.10. The van der Waals surface area contributed by atoms with Crippen LogP contribution in [0.4, 0.5) is 8.78 Å². The van der Waals surface area contributed by atoms with E-state index in [1.165, 1.54) is 5.57 Å². The van der Waals surface area contributed by atoms with Gasteiger partial charge in [-0.05, 0) is 50.5 Å². The fourth-order valence-electron chi connectivity index (χ4n) is 5.58. The number of nitrogens with zero attached hydrogens (tertiary/aromatic N) is 1. The number of aliphatic hydroxyl groups is 1. The molecule has 1 amide bonds. The van der Waals surface area contributed by atoms with Gasteiger partial charge >= 0.3 is 0 Å². The van der Waals surface area contributed by atoms with Crippen LogP contribution in [0.5, 0.6) is 0 Å². The van der Waals surface area contributed by atoms with Crippen molar-refractivity contribution in [2.75, 3.05) is 19.6 Å². The first-order chi connectivity index (χ1) is 14.7. The number of hydrogen-bond acceptors (Lipinski definition) is 3. The topological polar surface area (TPSA) is 52.6 Å². The van der Waals surface area contributed by atoms with E-state index in [9.17, 15) is 18.7 Å². The van der Waals surface area contributed by atoms with Crippen molar-refractivity contribution in [3.63, 3.8) is 0 Å². The van der Waals surface area contributed by atoms with Crippen LogP contribution < -0.4 is 5.32 Å². The van der Waals surface area contributed by atoms with E-state index in [4.69, 9.17) is 0 Å². The summed E-state index contributed by atoms with van der Waals surface area (Å²) < 4.78 is 28.3. The zero-order chi connectivity index (χ0) is 22.2. The van der Waals surface area contributed by atoms with Gasteiger partial charge in [0, 0.05) is 44.4 Å². The first-order valence-corrected chi connectivity index (χ1v) is 11.5. The summed E-state index contributed by atoms with van der Waals surface area (Å²) in [6, 6.07) is 8.66. The van der Waals surface area contributed by atoms with Crippen molar-refractivity contribution in [2.24, 2.45) is 17.8 Å². The predicted octanol–water partition coefficient (Wildman–Crippen LogP) is 4.10. The van der Waals surface area contributed by atoms with Gasteiger partial charge in [0.05, 0.1) is 0 Å². The second-order valence-electron chi connectivity index (χ2n) is 9.94. The first-order valence-electron chi connectivity index (χ1n) is 11.5. The van der Waals surface area contributed by atoms with E-state index in [0.717, 1.165) is 26.1 Å². The van der Waals surface area contributed by atoms with Crippen molar-refractivity contribution < 1.29 is 18.7 Å². The predicted molar refractivity (Wildman–Crippen MR) is 117 cm³/mol. The molecular formula is C25H34F2N2O2. The molecule has 2 aliphatic carbocycles. The highest BCUT2D eigenvalue weighted by molar-refractivity contribution is 5.87. The maximum Gasteiger partial charge on any atom is 0.257 e. The third-order valence-corrected chi connectivity index (χ3v) is 7.36. The number of hydrogen-bond donors (Lipinski definition) is 2. The number of rotatable bonds is 7. The minimum atomic E-state index is -2.84. The fourth-order valence-corrected chi connectivity index (χ4v) is 5.58. The molecule has 5 atom stereocenters. The quantitative estimate of drug-likeness (QED) is 0.638. The average Bonchev–Trinajstić information content (AvgIpc) is 3.16. The lowest BCUT2D eigenvalue weighted by atomic mass is 9.71. The van der Waals surface area contributed by atoms with Crippen LogP contribution in [0.2, 0.25) is 0 Å². The fraction of sp³-hybridized carbons (Fsp3) is 0.640. The molecule has 4 rings (SSSR count). The van der Waals surface area contributed by atoms with E-state index in [1.807, 2.05) is 0 Å². The second kappa shape index (κ2) is 8.62. The Balaban J connectivity index is 1.42. The van der Waals surface area contributed by atoms with Crippen LogP contribution in [-0.2, 0) is 10.4 Å². The maximum absolute atomic E-state index is 14.2. The van der Waals surface area contributed by atoms with Gasteiger partial charge in [0.15, 0.2) is 5.60 Å². The van der Waals surface area contributed by atoms with Crippen molar-refractivity contribution in [2.45, 2.75) is 63.5 Å². The number of fused-ring (bicyclic) bond motifs is 1. The van der Waals surface area contributed by atoms with Gasteiger partial charge in [-0.2, -0.15) is 0 Å². The summed E-state index contributed by atoms with van der Waals surface area (Å²) in [5, 5.41) is 14.6.